The molecule has 0 saturated heterocycles. The van der Waals surface area contributed by atoms with E-state index in [4.69, 9.17) is 0 Å². The van der Waals surface area contributed by atoms with Gasteiger partial charge in [0.1, 0.15) is 12.2 Å². The van der Waals surface area contributed by atoms with Crippen molar-refractivity contribution in [3.05, 3.63) is 48.0 Å². The van der Waals surface area contributed by atoms with Crippen LogP contribution in [0.2, 0.25) is 0 Å². The average molecular weight is 384 g/mol. The number of H-pyrrole nitrogens is 1. The maximum Gasteiger partial charge on any atom is 0.137 e. The Balaban J connectivity index is 1.53. The van der Waals surface area contributed by atoms with Crippen LogP contribution in [-0.2, 0) is 6.42 Å². The molecule has 0 saturated carbocycles. The molecule has 0 spiro atoms. The SMILES string of the molecule is CCCCCCCC(CCCCCCCCCc1ncn[nH]1)c1ccccc1. The molecule has 2 aromatic rings. The maximum absolute atomic E-state index is 4.19. The van der Waals surface area contributed by atoms with Crippen molar-refractivity contribution in [2.45, 2.75) is 109 Å². The van der Waals surface area contributed by atoms with Crippen molar-refractivity contribution in [2.24, 2.45) is 0 Å². The van der Waals surface area contributed by atoms with Gasteiger partial charge in [0.05, 0.1) is 0 Å². The second kappa shape index (κ2) is 15.3. The van der Waals surface area contributed by atoms with Gasteiger partial charge < -0.3 is 0 Å². The van der Waals surface area contributed by atoms with Crippen LogP contribution in [-0.4, -0.2) is 15.2 Å². The number of rotatable bonds is 17. The molecule has 28 heavy (non-hydrogen) atoms. The monoisotopic (exact) mass is 383 g/mol. The number of unbranched alkanes of at least 4 members (excludes halogenated alkanes) is 10. The molecule has 156 valence electrons. The first-order valence-electron chi connectivity index (χ1n) is 11.8. The van der Waals surface area contributed by atoms with Crippen molar-refractivity contribution in [1.82, 2.24) is 15.2 Å². The molecule has 0 aliphatic heterocycles. The average Bonchev–Trinajstić information content (AvgIpc) is 3.25. The lowest BCUT2D eigenvalue weighted by Gasteiger charge is -2.17. The summed E-state index contributed by atoms with van der Waals surface area (Å²) in [6, 6.07) is 11.2. The van der Waals surface area contributed by atoms with Crippen LogP contribution < -0.4 is 0 Å². The number of nitrogens with zero attached hydrogens (tertiary/aromatic N) is 2. The van der Waals surface area contributed by atoms with E-state index in [2.05, 4.69) is 52.4 Å². The molecule has 3 nitrogen and oxygen atoms in total. The minimum atomic E-state index is 0.768. The lowest BCUT2D eigenvalue weighted by Crippen LogP contribution is -1.99. The second-order valence-electron chi connectivity index (χ2n) is 8.26. The summed E-state index contributed by atoms with van der Waals surface area (Å²) in [5, 5.41) is 6.85. The fourth-order valence-electron chi connectivity index (χ4n) is 4.12. The van der Waals surface area contributed by atoms with Crippen LogP contribution in [0.25, 0.3) is 0 Å². The Morgan fingerprint density at radius 3 is 1.96 bits per heavy atom. The maximum atomic E-state index is 4.19. The first-order valence-corrected chi connectivity index (χ1v) is 11.8. The van der Waals surface area contributed by atoms with Gasteiger partial charge in [0.2, 0.25) is 0 Å². The zero-order valence-electron chi connectivity index (χ0n) is 18.0. The Kier molecular flexibility index (Phi) is 12.4. The van der Waals surface area contributed by atoms with Crippen LogP contribution >= 0.6 is 0 Å². The van der Waals surface area contributed by atoms with Crippen LogP contribution in [0.15, 0.2) is 36.7 Å². The van der Waals surface area contributed by atoms with E-state index in [0.717, 1.165) is 18.2 Å². The van der Waals surface area contributed by atoms with Gasteiger partial charge in [-0.1, -0.05) is 108 Å². The number of benzene rings is 1. The second-order valence-corrected chi connectivity index (χ2v) is 8.26. The number of aromatic nitrogens is 3. The fourth-order valence-corrected chi connectivity index (χ4v) is 4.12. The predicted molar refractivity (Wildman–Crippen MR) is 120 cm³/mol. The number of aromatic amines is 1. The zero-order valence-corrected chi connectivity index (χ0v) is 18.0. The highest BCUT2D eigenvalue weighted by Gasteiger charge is 2.10. The highest BCUT2D eigenvalue weighted by Crippen LogP contribution is 2.28. The van der Waals surface area contributed by atoms with Crippen LogP contribution in [0.4, 0.5) is 0 Å². The van der Waals surface area contributed by atoms with E-state index in [1.807, 2.05) is 0 Å². The molecule has 0 aliphatic carbocycles. The fraction of sp³-hybridized carbons (Fsp3) is 0.680. The van der Waals surface area contributed by atoms with E-state index < -0.39 is 0 Å². The van der Waals surface area contributed by atoms with Gasteiger partial charge in [-0.05, 0) is 30.7 Å². The number of aryl methyl sites for hydroxylation is 1. The third-order valence-corrected chi connectivity index (χ3v) is 5.86. The topological polar surface area (TPSA) is 41.6 Å². The van der Waals surface area contributed by atoms with Crippen molar-refractivity contribution in [3.8, 4) is 0 Å². The van der Waals surface area contributed by atoms with Crippen molar-refractivity contribution in [3.63, 3.8) is 0 Å². The van der Waals surface area contributed by atoms with Crippen molar-refractivity contribution in [2.75, 3.05) is 0 Å². The Morgan fingerprint density at radius 2 is 1.36 bits per heavy atom. The Bertz CT molecular complexity index is 565. The lowest BCUT2D eigenvalue weighted by atomic mass is 9.88. The highest BCUT2D eigenvalue weighted by molar-refractivity contribution is 5.19. The van der Waals surface area contributed by atoms with Gasteiger partial charge in [0.25, 0.3) is 0 Å². The summed E-state index contributed by atoms with van der Waals surface area (Å²) in [5.74, 6) is 1.80. The van der Waals surface area contributed by atoms with E-state index in [1.165, 1.54) is 89.9 Å². The molecule has 1 unspecified atom stereocenters. The Hall–Kier alpha value is -1.64. The molecule has 0 aliphatic rings. The van der Waals surface area contributed by atoms with Gasteiger partial charge in [-0.15, -0.1) is 0 Å². The zero-order chi connectivity index (χ0) is 19.7. The van der Waals surface area contributed by atoms with Crippen molar-refractivity contribution in [1.29, 1.82) is 0 Å². The molecule has 1 aromatic carbocycles. The van der Waals surface area contributed by atoms with E-state index >= 15 is 0 Å². The van der Waals surface area contributed by atoms with Gasteiger partial charge in [-0.25, -0.2) is 4.98 Å². The van der Waals surface area contributed by atoms with Crippen LogP contribution in [0.1, 0.15) is 114 Å². The van der Waals surface area contributed by atoms with E-state index in [1.54, 1.807) is 11.9 Å². The normalized spacial score (nSPS) is 12.3. The molecule has 0 radical (unpaired) electrons. The van der Waals surface area contributed by atoms with Gasteiger partial charge in [0.15, 0.2) is 0 Å². The van der Waals surface area contributed by atoms with E-state index in [9.17, 15) is 0 Å². The summed E-state index contributed by atoms with van der Waals surface area (Å²) in [5.41, 5.74) is 1.56. The van der Waals surface area contributed by atoms with E-state index in [-0.39, 0.29) is 0 Å². The van der Waals surface area contributed by atoms with Crippen LogP contribution in [0.3, 0.4) is 0 Å². The van der Waals surface area contributed by atoms with Gasteiger partial charge in [-0.2, -0.15) is 5.10 Å². The standard InChI is InChI=1S/C25H41N3/c1-2-3-4-8-12-17-23(24-19-14-11-15-20-24)18-13-9-6-5-7-10-16-21-25-26-22-27-28-25/h11,14-15,19-20,22-23H,2-10,12-13,16-18,21H2,1H3,(H,26,27,28). The van der Waals surface area contributed by atoms with E-state index in [0.29, 0.717) is 0 Å². The first kappa shape index (κ1) is 22.6. The summed E-state index contributed by atoms with van der Waals surface area (Å²) in [4.78, 5) is 4.19. The molecule has 0 fully saturated rings. The van der Waals surface area contributed by atoms with Gasteiger partial charge in [-0.3, -0.25) is 5.10 Å². The third kappa shape index (κ3) is 10.1. The molecule has 0 bridgehead atoms. The summed E-state index contributed by atoms with van der Waals surface area (Å²) in [7, 11) is 0. The molecule has 3 heteroatoms. The number of hydrogen-bond donors (Lipinski definition) is 1. The molecule has 1 heterocycles. The van der Waals surface area contributed by atoms with Gasteiger partial charge in [0, 0.05) is 6.42 Å². The Morgan fingerprint density at radius 1 is 0.750 bits per heavy atom. The smallest absolute Gasteiger partial charge is 0.137 e. The quantitative estimate of drug-likeness (QED) is 0.285. The summed E-state index contributed by atoms with van der Waals surface area (Å²) in [6.45, 7) is 2.29. The number of nitrogens with one attached hydrogen (secondary N) is 1. The molecular weight excluding hydrogens is 342 g/mol. The number of hydrogen-bond acceptors (Lipinski definition) is 2. The molecule has 1 aromatic heterocycles. The molecule has 1 N–H and O–H groups in total. The van der Waals surface area contributed by atoms with Gasteiger partial charge >= 0.3 is 0 Å². The largest absolute Gasteiger partial charge is 0.263 e. The molecular formula is C25H41N3. The summed E-state index contributed by atoms with van der Waals surface area (Å²) in [6.07, 6.45) is 21.7. The van der Waals surface area contributed by atoms with Crippen molar-refractivity contribution >= 4 is 0 Å². The molecule has 0 amide bonds. The predicted octanol–water partition coefficient (Wildman–Crippen LogP) is 7.61. The van der Waals surface area contributed by atoms with Crippen LogP contribution in [0, 0.1) is 0 Å². The minimum absolute atomic E-state index is 0.768. The van der Waals surface area contributed by atoms with Crippen molar-refractivity contribution < 1.29 is 0 Å². The Labute approximate surface area is 172 Å². The minimum Gasteiger partial charge on any atom is -0.263 e. The lowest BCUT2D eigenvalue weighted by molar-refractivity contribution is 0.486. The molecule has 2 rings (SSSR count). The summed E-state index contributed by atoms with van der Waals surface area (Å²) < 4.78 is 0. The summed E-state index contributed by atoms with van der Waals surface area (Å²) >= 11 is 0. The van der Waals surface area contributed by atoms with Crippen LogP contribution in [0.5, 0.6) is 0 Å². The molecule has 1 atom stereocenters. The third-order valence-electron chi connectivity index (χ3n) is 5.86. The first-order chi connectivity index (χ1) is 13.9. The highest BCUT2D eigenvalue weighted by atomic mass is 15.2.